The maximum absolute atomic E-state index is 11.9. The van der Waals surface area contributed by atoms with Gasteiger partial charge in [-0.15, -0.1) is 11.3 Å². The highest BCUT2D eigenvalue weighted by Crippen LogP contribution is 2.41. The van der Waals surface area contributed by atoms with Gasteiger partial charge in [-0.05, 0) is 19.9 Å². The zero-order valence-electron chi connectivity index (χ0n) is 9.69. The van der Waals surface area contributed by atoms with E-state index in [-0.39, 0.29) is 5.91 Å². The van der Waals surface area contributed by atoms with Crippen molar-refractivity contribution in [2.24, 2.45) is 0 Å². The molecular weight excluding hydrogens is 222 g/mol. The quantitative estimate of drug-likeness (QED) is 0.842. The third-order valence-electron chi connectivity index (χ3n) is 2.71. The molecule has 1 aliphatic carbocycles. The van der Waals surface area contributed by atoms with Crippen LogP contribution in [0, 0.1) is 0 Å². The van der Waals surface area contributed by atoms with E-state index in [0.717, 1.165) is 11.6 Å². The Hall–Kier alpha value is -0.940. The minimum atomic E-state index is 0.0263. The summed E-state index contributed by atoms with van der Waals surface area (Å²) in [4.78, 5) is 18.1. The Bertz CT molecular complexity index is 373. The van der Waals surface area contributed by atoms with Crippen molar-refractivity contribution in [3.63, 3.8) is 0 Å². The molecule has 0 bridgehead atoms. The van der Waals surface area contributed by atoms with Gasteiger partial charge in [-0.2, -0.15) is 0 Å². The highest BCUT2D eigenvalue weighted by Gasteiger charge is 2.27. The lowest BCUT2D eigenvalue weighted by Crippen LogP contribution is -2.32. The predicted octanol–water partition coefficient (Wildman–Crippen LogP) is 1.31. The van der Waals surface area contributed by atoms with E-state index in [4.69, 9.17) is 0 Å². The van der Waals surface area contributed by atoms with Crippen molar-refractivity contribution >= 4 is 17.2 Å². The monoisotopic (exact) mass is 239 g/mol. The molecule has 0 aliphatic heterocycles. The molecular formula is C11H17N3OS. The van der Waals surface area contributed by atoms with Crippen LogP contribution >= 0.6 is 11.3 Å². The van der Waals surface area contributed by atoms with Crippen molar-refractivity contribution in [1.82, 2.24) is 15.2 Å². The average molecular weight is 239 g/mol. The minimum absolute atomic E-state index is 0.0263. The van der Waals surface area contributed by atoms with Crippen molar-refractivity contribution in [2.45, 2.75) is 18.8 Å². The van der Waals surface area contributed by atoms with Crippen LogP contribution in [0.25, 0.3) is 0 Å². The Morgan fingerprint density at radius 3 is 3.06 bits per heavy atom. The van der Waals surface area contributed by atoms with Crippen LogP contribution in [0.4, 0.5) is 0 Å². The highest BCUT2D eigenvalue weighted by atomic mass is 32.1. The number of aromatic nitrogens is 1. The molecule has 1 N–H and O–H groups in total. The third kappa shape index (κ3) is 2.59. The fraction of sp³-hybridized carbons (Fsp3) is 0.636. The van der Waals surface area contributed by atoms with Crippen molar-refractivity contribution in [3.05, 3.63) is 16.1 Å². The SMILES string of the molecule is CNCCN(C)C(=O)c1csc(C2CC2)n1. The second-order valence-electron chi connectivity index (χ2n) is 4.18. The van der Waals surface area contributed by atoms with Gasteiger partial charge in [0.15, 0.2) is 0 Å². The lowest BCUT2D eigenvalue weighted by atomic mass is 10.4. The summed E-state index contributed by atoms with van der Waals surface area (Å²) in [6, 6.07) is 0. The Kier molecular flexibility index (Phi) is 3.56. The molecule has 4 nitrogen and oxygen atoms in total. The Morgan fingerprint density at radius 1 is 1.69 bits per heavy atom. The molecule has 1 aromatic rings. The summed E-state index contributed by atoms with van der Waals surface area (Å²) in [7, 11) is 3.70. The smallest absolute Gasteiger partial charge is 0.273 e. The summed E-state index contributed by atoms with van der Waals surface area (Å²) in [6.45, 7) is 1.52. The topological polar surface area (TPSA) is 45.2 Å². The van der Waals surface area contributed by atoms with Crippen molar-refractivity contribution in [3.8, 4) is 0 Å². The maximum atomic E-state index is 11.9. The molecule has 0 radical (unpaired) electrons. The molecule has 1 aromatic heterocycles. The van der Waals surface area contributed by atoms with Crippen LogP contribution in [-0.2, 0) is 0 Å². The zero-order valence-corrected chi connectivity index (χ0v) is 10.5. The molecule has 0 aromatic carbocycles. The first kappa shape index (κ1) is 11.5. The minimum Gasteiger partial charge on any atom is -0.339 e. The van der Waals surface area contributed by atoms with Crippen LogP contribution in [0.1, 0.15) is 34.3 Å². The van der Waals surface area contributed by atoms with Gasteiger partial charge in [-0.3, -0.25) is 4.79 Å². The van der Waals surface area contributed by atoms with Crippen molar-refractivity contribution in [2.75, 3.05) is 27.2 Å². The first-order valence-electron chi connectivity index (χ1n) is 5.58. The van der Waals surface area contributed by atoms with E-state index in [9.17, 15) is 4.79 Å². The van der Waals surface area contributed by atoms with Crippen LogP contribution in [0.15, 0.2) is 5.38 Å². The van der Waals surface area contributed by atoms with Gasteiger partial charge in [0.2, 0.25) is 0 Å². The van der Waals surface area contributed by atoms with E-state index in [2.05, 4.69) is 10.3 Å². The van der Waals surface area contributed by atoms with Gasteiger partial charge in [0.25, 0.3) is 5.91 Å². The Labute approximate surface area is 99.7 Å². The lowest BCUT2D eigenvalue weighted by molar-refractivity contribution is 0.0791. The number of likely N-dealkylation sites (N-methyl/N-ethyl adjacent to an activating group) is 2. The van der Waals surface area contributed by atoms with Crippen LogP contribution < -0.4 is 5.32 Å². The molecule has 0 atom stereocenters. The Balaban J connectivity index is 1.96. The van der Waals surface area contributed by atoms with Crippen molar-refractivity contribution in [1.29, 1.82) is 0 Å². The number of hydrogen-bond acceptors (Lipinski definition) is 4. The number of hydrogen-bond donors (Lipinski definition) is 1. The van der Waals surface area contributed by atoms with E-state index in [0.29, 0.717) is 18.2 Å². The van der Waals surface area contributed by atoms with E-state index >= 15 is 0 Å². The molecule has 0 unspecified atom stereocenters. The molecule has 2 rings (SSSR count). The zero-order chi connectivity index (χ0) is 11.5. The number of thiazole rings is 1. The average Bonchev–Trinajstić information content (AvgIpc) is 3.03. The van der Waals surface area contributed by atoms with Crippen LogP contribution in [0.2, 0.25) is 0 Å². The summed E-state index contributed by atoms with van der Waals surface area (Å²) < 4.78 is 0. The predicted molar refractivity (Wildman–Crippen MR) is 65.0 cm³/mol. The summed E-state index contributed by atoms with van der Waals surface area (Å²) >= 11 is 1.62. The molecule has 0 spiro atoms. The number of rotatable bonds is 5. The molecule has 1 aliphatic rings. The van der Waals surface area contributed by atoms with Crippen molar-refractivity contribution < 1.29 is 4.79 Å². The molecule has 1 fully saturated rings. The maximum Gasteiger partial charge on any atom is 0.273 e. The fourth-order valence-electron chi connectivity index (χ4n) is 1.48. The van der Waals surface area contributed by atoms with Crippen LogP contribution in [0.5, 0.6) is 0 Å². The van der Waals surface area contributed by atoms with Gasteiger partial charge >= 0.3 is 0 Å². The number of amides is 1. The summed E-state index contributed by atoms with van der Waals surface area (Å²) in [6.07, 6.45) is 2.47. The van der Waals surface area contributed by atoms with Gasteiger partial charge < -0.3 is 10.2 Å². The van der Waals surface area contributed by atoms with E-state index < -0.39 is 0 Å². The second kappa shape index (κ2) is 4.93. The van der Waals surface area contributed by atoms with E-state index in [1.54, 1.807) is 16.2 Å². The Morgan fingerprint density at radius 2 is 2.44 bits per heavy atom. The lowest BCUT2D eigenvalue weighted by Gasteiger charge is -2.15. The summed E-state index contributed by atoms with van der Waals surface area (Å²) in [5.41, 5.74) is 0.602. The molecule has 1 amide bonds. The molecule has 1 heterocycles. The van der Waals surface area contributed by atoms with Gasteiger partial charge in [0.05, 0.1) is 5.01 Å². The van der Waals surface area contributed by atoms with Gasteiger partial charge in [0, 0.05) is 31.4 Å². The first-order valence-corrected chi connectivity index (χ1v) is 6.46. The third-order valence-corrected chi connectivity index (χ3v) is 3.72. The molecule has 0 saturated heterocycles. The molecule has 5 heteroatoms. The van der Waals surface area contributed by atoms with Gasteiger partial charge in [-0.25, -0.2) is 4.98 Å². The summed E-state index contributed by atoms with van der Waals surface area (Å²) in [5.74, 6) is 0.660. The largest absolute Gasteiger partial charge is 0.339 e. The standard InChI is InChI=1S/C11H17N3OS/c1-12-5-6-14(2)11(15)9-7-16-10(13-9)8-3-4-8/h7-8,12H,3-6H2,1-2H3. The fourth-order valence-corrected chi connectivity index (χ4v) is 2.45. The highest BCUT2D eigenvalue weighted by molar-refractivity contribution is 7.10. The van der Waals surface area contributed by atoms with E-state index in [1.807, 2.05) is 19.5 Å². The van der Waals surface area contributed by atoms with E-state index in [1.165, 1.54) is 12.8 Å². The molecule has 88 valence electrons. The van der Waals surface area contributed by atoms with Gasteiger partial charge in [0.1, 0.15) is 5.69 Å². The first-order chi connectivity index (χ1) is 7.72. The number of nitrogens with zero attached hydrogens (tertiary/aromatic N) is 2. The number of carbonyl (C=O) groups excluding carboxylic acids is 1. The number of nitrogens with one attached hydrogen (secondary N) is 1. The van der Waals surface area contributed by atoms with Gasteiger partial charge in [-0.1, -0.05) is 0 Å². The normalized spacial score (nSPS) is 15.1. The second-order valence-corrected chi connectivity index (χ2v) is 5.07. The molecule has 1 saturated carbocycles. The van der Waals surface area contributed by atoms with Crippen LogP contribution in [-0.4, -0.2) is 43.0 Å². The molecule has 16 heavy (non-hydrogen) atoms. The van der Waals surface area contributed by atoms with Crippen LogP contribution in [0.3, 0.4) is 0 Å². The number of carbonyl (C=O) groups is 1. The summed E-state index contributed by atoms with van der Waals surface area (Å²) in [5, 5.41) is 6.04.